The molecule has 20 heavy (non-hydrogen) atoms. The Morgan fingerprint density at radius 1 is 1.20 bits per heavy atom. The second-order valence-corrected chi connectivity index (χ2v) is 6.20. The van der Waals surface area contributed by atoms with Gasteiger partial charge >= 0.3 is 0 Å². The van der Waals surface area contributed by atoms with Gasteiger partial charge in [0.2, 0.25) is 5.91 Å². The van der Waals surface area contributed by atoms with Gasteiger partial charge in [-0.15, -0.1) is 0 Å². The SMILES string of the molecule is CC(O)CC(C)NC(=O)C(c1ccc(Cl)cc1)C(C)C. The third-order valence-corrected chi connectivity index (χ3v) is 3.51. The molecule has 0 saturated heterocycles. The van der Waals surface area contributed by atoms with Crippen LogP contribution in [0.3, 0.4) is 0 Å². The predicted molar refractivity (Wildman–Crippen MR) is 82.9 cm³/mol. The van der Waals surface area contributed by atoms with Gasteiger partial charge in [0.25, 0.3) is 0 Å². The molecule has 1 aromatic carbocycles. The highest BCUT2D eigenvalue weighted by molar-refractivity contribution is 6.30. The molecule has 3 unspecified atom stereocenters. The number of rotatable bonds is 6. The summed E-state index contributed by atoms with van der Waals surface area (Å²) in [6.07, 6.45) is 0.135. The van der Waals surface area contributed by atoms with E-state index in [2.05, 4.69) is 5.32 Å². The van der Waals surface area contributed by atoms with Crippen LogP contribution in [0.2, 0.25) is 5.02 Å². The van der Waals surface area contributed by atoms with Crippen LogP contribution >= 0.6 is 11.6 Å². The van der Waals surface area contributed by atoms with Crippen molar-refractivity contribution in [1.29, 1.82) is 0 Å². The van der Waals surface area contributed by atoms with Crippen LogP contribution in [0.15, 0.2) is 24.3 Å². The van der Waals surface area contributed by atoms with Crippen LogP contribution in [0.1, 0.15) is 45.6 Å². The number of benzene rings is 1. The molecule has 0 spiro atoms. The monoisotopic (exact) mass is 297 g/mol. The number of carbonyl (C=O) groups is 1. The molecule has 1 aromatic rings. The highest BCUT2D eigenvalue weighted by Crippen LogP contribution is 2.26. The Balaban J connectivity index is 2.80. The summed E-state index contributed by atoms with van der Waals surface area (Å²) in [4.78, 5) is 12.4. The Bertz CT molecular complexity index is 429. The first-order valence-electron chi connectivity index (χ1n) is 7.05. The zero-order chi connectivity index (χ0) is 15.3. The first-order chi connectivity index (χ1) is 9.31. The fourth-order valence-corrected chi connectivity index (χ4v) is 2.54. The van der Waals surface area contributed by atoms with Crippen molar-refractivity contribution in [3.8, 4) is 0 Å². The van der Waals surface area contributed by atoms with Crippen molar-refractivity contribution in [3.63, 3.8) is 0 Å². The molecule has 4 heteroatoms. The Morgan fingerprint density at radius 3 is 2.20 bits per heavy atom. The van der Waals surface area contributed by atoms with Gasteiger partial charge in [0.05, 0.1) is 12.0 Å². The number of hydrogen-bond donors (Lipinski definition) is 2. The second kappa shape index (κ2) is 7.65. The summed E-state index contributed by atoms with van der Waals surface area (Å²) in [5.74, 6) is -0.0193. The van der Waals surface area contributed by atoms with Crippen molar-refractivity contribution in [1.82, 2.24) is 5.32 Å². The van der Waals surface area contributed by atoms with Gasteiger partial charge in [-0.3, -0.25) is 4.79 Å². The lowest BCUT2D eigenvalue weighted by atomic mass is 9.87. The molecule has 0 bridgehead atoms. The summed E-state index contributed by atoms with van der Waals surface area (Å²) in [5, 5.41) is 13.0. The highest BCUT2D eigenvalue weighted by atomic mass is 35.5. The van der Waals surface area contributed by atoms with Crippen LogP contribution in [0.25, 0.3) is 0 Å². The molecule has 0 aliphatic heterocycles. The molecule has 1 amide bonds. The maximum absolute atomic E-state index is 12.4. The number of nitrogens with one attached hydrogen (secondary N) is 1. The Kier molecular flexibility index (Phi) is 6.50. The van der Waals surface area contributed by atoms with Crippen molar-refractivity contribution in [3.05, 3.63) is 34.9 Å². The molecule has 0 aromatic heterocycles. The number of hydrogen-bond acceptors (Lipinski definition) is 2. The van der Waals surface area contributed by atoms with Gasteiger partial charge in [0.15, 0.2) is 0 Å². The summed E-state index contributed by atoms with van der Waals surface area (Å²) in [6.45, 7) is 7.68. The van der Waals surface area contributed by atoms with E-state index in [1.807, 2.05) is 32.9 Å². The third kappa shape index (κ3) is 5.14. The van der Waals surface area contributed by atoms with Crippen molar-refractivity contribution in [2.45, 2.75) is 52.2 Å². The smallest absolute Gasteiger partial charge is 0.228 e. The van der Waals surface area contributed by atoms with Crippen LogP contribution in [-0.4, -0.2) is 23.2 Å². The average Bonchev–Trinajstić information content (AvgIpc) is 2.30. The minimum Gasteiger partial charge on any atom is -0.393 e. The molecule has 0 radical (unpaired) electrons. The van der Waals surface area contributed by atoms with Crippen LogP contribution in [0.4, 0.5) is 0 Å². The average molecular weight is 298 g/mol. The largest absolute Gasteiger partial charge is 0.393 e. The van der Waals surface area contributed by atoms with Gasteiger partial charge in [0.1, 0.15) is 0 Å². The molecular weight excluding hydrogens is 274 g/mol. The topological polar surface area (TPSA) is 49.3 Å². The van der Waals surface area contributed by atoms with Gasteiger partial charge in [-0.1, -0.05) is 37.6 Å². The summed E-state index contributed by atoms with van der Waals surface area (Å²) in [5.41, 5.74) is 0.964. The minimum atomic E-state index is -0.418. The van der Waals surface area contributed by atoms with Crippen LogP contribution in [0, 0.1) is 5.92 Å². The van der Waals surface area contributed by atoms with E-state index in [9.17, 15) is 9.90 Å². The molecular formula is C16H24ClNO2. The summed E-state index contributed by atoms with van der Waals surface area (Å²) >= 11 is 5.89. The van der Waals surface area contributed by atoms with Crippen LogP contribution in [0.5, 0.6) is 0 Å². The highest BCUT2D eigenvalue weighted by Gasteiger charge is 2.25. The molecule has 3 nitrogen and oxygen atoms in total. The van der Waals surface area contributed by atoms with Gasteiger partial charge in [0, 0.05) is 11.1 Å². The van der Waals surface area contributed by atoms with Gasteiger partial charge in [-0.05, 0) is 43.9 Å². The number of carbonyl (C=O) groups excluding carboxylic acids is 1. The van der Waals surface area contributed by atoms with E-state index >= 15 is 0 Å². The molecule has 0 fully saturated rings. The van der Waals surface area contributed by atoms with E-state index < -0.39 is 6.10 Å². The zero-order valence-electron chi connectivity index (χ0n) is 12.6. The minimum absolute atomic E-state index is 0.00419. The fourth-order valence-electron chi connectivity index (χ4n) is 2.41. The first-order valence-corrected chi connectivity index (χ1v) is 7.43. The molecule has 3 atom stereocenters. The molecule has 0 aliphatic rings. The molecule has 0 saturated carbocycles. The number of aliphatic hydroxyl groups is 1. The predicted octanol–water partition coefficient (Wildman–Crippen LogP) is 3.36. The quantitative estimate of drug-likeness (QED) is 0.846. The maximum Gasteiger partial charge on any atom is 0.228 e. The van der Waals surface area contributed by atoms with E-state index in [0.717, 1.165) is 5.56 Å². The summed E-state index contributed by atoms with van der Waals surface area (Å²) in [7, 11) is 0. The van der Waals surface area contributed by atoms with Crippen LogP contribution < -0.4 is 5.32 Å². The van der Waals surface area contributed by atoms with E-state index in [0.29, 0.717) is 11.4 Å². The maximum atomic E-state index is 12.4. The van der Waals surface area contributed by atoms with Crippen molar-refractivity contribution in [2.24, 2.45) is 5.92 Å². The summed E-state index contributed by atoms with van der Waals surface area (Å²) < 4.78 is 0. The lowest BCUT2D eigenvalue weighted by Crippen LogP contribution is -2.39. The van der Waals surface area contributed by atoms with E-state index in [-0.39, 0.29) is 23.8 Å². The zero-order valence-corrected chi connectivity index (χ0v) is 13.3. The molecule has 1 rings (SSSR count). The van der Waals surface area contributed by atoms with Crippen LogP contribution in [-0.2, 0) is 4.79 Å². The van der Waals surface area contributed by atoms with E-state index in [1.54, 1.807) is 19.1 Å². The normalized spacial score (nSPS) is 15.8. The summed E-state index contributed by atoms with van der Waals surface area (Å²) in [6, 6.07) is 7.35. The fraction of sp³-hybridized carbons (Fsp3) is 0.562. The number of amides is 1. The molecule has 112 valence electrons. The van der Waals surface area contributed by atoms with Crippen molar-refractivity contribution < 1.29 is 9.90 Å². The van der Waals surface area contributed by atoms with Crippen molar-refractivity contribution >= 4 is 17.5 Å². The van der Waals surface area contributed by atoms with Gasteiger partial charge < -0.3 is 10.4 Å². The Morgan fingerprint density at radius 2 is 1.75 bits per heavy atom. The lowest BCUT2D eigenvalue weighted by molar-refractivity contribution is -0.124. The standard InChI is InChI=1S/C16H24ClNO2/c1-10(2)15(13-5-7-14(17)8-6-13)16(20)18-11(3)9-12(4)19/h5-8,10-12,15,19H,9H2,1-4H3,(H,18,20). The number of aliphatic hydroxyl groups excluding tert-OH is 1. The molecule has 2 N–H and O–H groups in total. The Labute approximate surface area is 126 Å². The molecule has 0 heterocycles. The lowest BCUT2D eigenvalue weighted by Gasteiger charge is -2.24. The first kappa shape index (κ1) is 17.0. The molecule has 0 aliphatic carbocycles. The second-order valence-electron chi connectivity index (χ2n) is 5.77. The van der Waals surface area contributed by atoms with Gasteiger partial charge in [-0.25, -0.2) is 0 Å². The van der Waals surface area contributed by atoms with E-state index in [4.69, 9.17) is 11.6 Å². The van der Waals surface area contributed by atoms with Crippen molar-refractivity contribution in [2.75, 3.05) is 0 Å². The van der Waals surface area contributed by atoms with E-state index in [1.165, 1.54) is 0 Å². The Hall–Kier alpha value is -1.06. The van der Waals surface area contributed by atoms with Gasteiger partial charge in [-0.2, -0.15) is 0 Å². The third-order valence-electron chi connectivity index (χ3n) is 3.26. The number of halogens is 1.